The average Bonchev–Trinajstić information content (AvgIpc) is 2.88. The topological polar surface area (TPSA) is 29.5 Å². The van der Waals surface area contributed by atoms with Gasteiger partial charge in [-0.05, 0) is 54.2 Å². The van der Waals surface area contributed by atoms with E-state index in [-0.39, 0.29) is 6.10 Å². The third kappa shape index (κ3) is 5.83. The lowest BCUT2D eigenvalue weighted by Crippen LogP contribution is -2.03. The van der Waals surface area contributed by atoms with Crippen LogP contribution in [-0.4, -0.2) is 5.11 Å². The minimum absolute atomic E-state index is 0.00144. The average molecular weight is 451 g/mol. The first-order valence-electron chi connectivity index (χ1n) is 12.0. The van der Waals surface area contributed by atoms with Crippen molar-refractivity contribution in [2.24, 2.45) is 0 Å². The van der Waals surface area contributed by atoms with Crippen LogP contribution in [0, 0.1) is 13.8 Å². The molecule has 0 fully saturated rings. The van der Waals surface area contributed by atoms with Crippen molar-refractivity contribution in [2.45, 2.75) is 52.4 Å². The number of ether oxygens (including phenoxy) is 1. The summed E-state index contributed by atoms with van der Waals surface area (Å²) < 4.78 is 6.15. The van der Waals surface area contributed by atoms with Crippen LogP contribution in [0.4, 0.5) is 0 Å². The fourth-order valence-electron chi connectivity index (χ4n) is 4.16. The second kappa shape index (κ2) is 10.8. The van der Waals surface area contributed by atoms with Gasteiger partial charge in [0.2, 0.25) is 0 Å². The summed E-state index contributed by atoms with van der Waals surface area (Å²) >= 11 is 0. The molecule has 0 heterocycles. The Kier molecular flexibility index (Phi) is 7.62. The summed E-state index contributed by atoms with van der Waals surface area (Å²) in [5, 5.41) is 10.7. The minimum atomic E-state index is -0.615. The largest absolute Gasteiger partial charge is 0.384 e. The van der Waals surface area contributed by atoms with Crippen LogP contribution in [0.5, 0.6) is 0 Å². The molecule has 0 saturated heterocycles. The molecule has 0 aliphatic heterocycles. The van der Waals surface area contributed by atoms with Gasteiger partial charge in [-0.1, -0.05) is 115 Å². The highest BCUT2D eigenvalue weighted by atomic mass is 16.5. The Balaban J connectivity index is 1.33. The number of aliphatic hydroxyl groups excluding tert-OH is 1. The number of benzene rings is 4. The maximum atomic E-state index is 10.7. The van der Waals surface area contributed by atoms with Crippen LogP contribution in [0.1, 0.15) is 76.5 Å². The summed E-state index contributed by atoms with van der Waals surface area (Å²) in [5.41, 5.74) is 9.17. The van der Waals surface area contributed by atoms with Gasteiger partial charge in [-0.25, -0.2) is 0 Å². The molecule has 0 aliphatic carbocycles. The lowest BCUT2D eigenvalue weighted by atomic mass is 9.91. The molecule has 0 bridgehead atoms. The number of aryl methyl sites for hydroxylation is 2. The summed E-state index contributed by atoms with van der Waals surface area (Å²) in [5.74, 6) is 0.361. The van der Waals surface area contributed by atoms with E-state index in [0.717, 1.165) is 16.7 Å². The molecule has 0 spiro atoms. The molecule has 174 valence electrons. The van der Waals surface area contributed by atoms with Crippen LogP contribution in [-0.2, 0) is 11.3 Å². The Morgan fingerprint density at radius 1 is 0.559 bits per heavy atom. The van der Waals surface area contributed by atoms with Crippen molar-refractivity contribution in [1.82, 2.24) is 0 Å². The van der Waals surface area contributed by atoms with Crippen molar-refractivity contribution in [3.8, 4) is 0 Å². The van der Waals surface area contributed by atoms with Gasteiger partial charge in [0.05, 0.1) is 12.7 Å². The lowest BCUT2D eigenvalue weighted by Gasteiger charge is -2.17. The predicted molar refractivity (Wildman–Crippen MR) is 140 cm³/mol. The Labute approximate surface area is 203 Å². The maximum absolute atomic E-state index is 10.7. The zero-order valence-corrected chi connectivity index (χ0v) is 20.5. The number of rotatable bonds is 8. The first-order valence-corrected chi connectivity index (χ1v) is 12.0. The van der Waals surface area contributed by atoms with Gasteiger partial charge in [0.25, 0.3) is 0 Å². The van der Waals surface area contributed by atoms with Crippen molar-refractivity contribution in [2.75, 3.05) is 0 Å². The molecule has 34 heavy (non-hydrogen) atoms. The minimum Gasteiger partial charge on any atom is -0.384 e. The number of hydrogen-bond acceptors (Lipinski definition) is 2. The molecule has 2 unspecified atom stereocenters. The summed E-state index contributed by atoms with van der Waals surface area (Å²) in [6, 6.07) is 33.6. The Morgan fingerprint density at radius 2 is 0.941 bits per heavy atom. The highest BCUT2D eigenvalue weighted by Gasteiger charge is 2.12. The zero-order chi connectivity index (χ0) is 24.1. The van der Waals surface area contributed by atoms with E-state index in [1.165, 1.54) is 27.8 Å². The molecule has 3 atom stereocenters. The van der Waals surface area contributed by atoms with Crippen molar-refractivity contribution in [3.05, 3.63) is 142 Å². The molecule has 4 rings (SSSR count). The fraction of sp³-hybridized carbons (Fsp3) is 0.250. The molecule has 1 N–H and O–H groups in total. The second-order valence-corrected chi connectivity index (χ2v) is 9.31. The monoisotopic (exact) mass is 450 g/mol. The van der Waals surface area contributed by atoms with Gasteiger partial charge in [-0.15, -0.1) is 0 Å². The third-order valence-corrected chi connectivity index (χ3v) is 6.67. The molecule has 0 amide bonds. The summed E-state index contributed by atoms with van der Waals surface area (Å²) in [4.78, 5) is 0. The summed E-state index contributed by atoms with van der Waals surface area (Å²) in [6.07, 6.45) is -0.614. The third-order valence-electron chi connectivity index (χ3n) is 6.67. The molecule has 2 heteroatoms. The highest BCUT2D eigenvalue weighted by molar-refractivity contribution is 5.36. The van der Waals surface area contributed by atoms with E-state index in [4.69, 9.17) is 4.74 Å². The van der Waals surface area contributed by atoms with E-state index < -0.39 is 6.10 Å². The molecular weight excluding hydrogens is 416 g/mol. The van der Waals surface area contributed by atoms with Crippen LogP contribution in [0.25, 0.3) is 0 Å². The molecule has 0 radical (unpaired) electrons. The molecular formula is C32H34O2. The van der Waals surface area contributed by atoms with E-state index in [9.17, 15) is 5.11 Å². The number of aliphatic hydroxyl groups is 1. The van der Waals surface area contributed by atoms with Gasteiger partial charge in [-0.2, -0.15) is 0 Å². The van der Waals surface area contributed by atoms with Crippen molar-refractivity contribution < 1.29 is 9.84 Å². The van der Waals surface area contributed by atoms with Crippen molar-refractivity contribution >= 4 is 0 Å². The van der Waals surface area contributed by atoms with Gasteiger partial charge in [0.1, 0.15) is 6.10 Å². The summed E-state index contributed by atoms with van der Waals surface area (Å²) in [7, 11) is 0. The quantitative estimate of drug-likeness (QED) is 0.296. The van der Waals surface area contributed by atoms with Gasteiger partial charge in [0.15, 0.2) is 0 Å². The smallest absolute Gasteiger partial charge is 0.104 e. The SMILES string of the molecule is Cc1ccc(C(C)c2ccc([C@H](C)OCc3ccc(C(O)c4ccc(C)cc4)cc3)cc2)cc1. The van der Waals surface area contributed by atoms with Gasteiger partial charge < -0.3 is 9.84 Å². The molecule has 0 aliphatic rings. The molecule has 4 aromatic rings. The van der Waals surface area contributed by atoms with E-state index in [2.05, 4.69) is 69.3 Å². The summed E-state index contributed by atoms with van der Waals surface area (Å²) in [6.45, 7) is 9.04. The van der Waals surface area contributed by atoms with Gasteiger partial charge >= 0.3 is 0 Å². The van der Waals surface area contributed by atoms with Crippen LogP contribution in [0.2, 0.25) is 0 Å². The number of hydrogen-bond donors (Lipinski definition) is 1. The molecule has 0 aromatic heterocycles. The molecule has 0 saturated carbocycles. The zero-order valence-electron chi connectivity index (χ0n) is 20.5. The van der Waals surface area contributed by atoms with E-state index in [1.54, 1.807) is 0 Å². The van der Waals surface area contributed by atoms with Crippen LogP contribution in [0.15, 0.2) is 97.1 Å². The lowest BCUT2D eigenvalue weighted by molar-refractivity contribution is 0.0525. The van der Waals surface area contributed by atoms with E-state index >= 15 is 0 Å². The van der Waals surface area contributed by atoms with Crippen LogP contribution in [0.3, 0.4) is 0 Å². The Hall–Kier alpha value is -3.20. The first kappa shape index (κ1) is 23.9. The molecule has 4 aromatic carbocycles. The van der Waals surface area contributed by atoms with Crippen molar-refractivity contribution in [3.63, 3.8) is 0 Å². The Bertz CT molecular complexity index is 1170. The standard InChI is InChI=1S/C32H34O2/c1-22-5-11-27(12-6-22)24(3)28-17-19-29(20-18-28)25(4)34-21-26-9-15-31(16-10-26)32(33)30-13-7-23(2)8-14-30/h5-20,24-25,32-33H,21H2,1-4H3/t24?,25-,32?/m0/s1. The van der Waals surface area contributed by atoms with Crippen molar-refractivity contribution in [1.29, 1.82) is 0 Å². The van der Waals surface area contributed by atoms with Crippen LogP contribution >= 0.6 is 0 Å². The van der Waals surface area contributed by atoms with E-state index in [0.29, 0.717) is 12.5 Å². The van der Waals surface area contributed by atoms with Crippen LogP contribution < -0.4 is 0 Å². The highest BCUT2D eigenvalue weighted by Crippen LogP contribution is 2.27. The maximum Gasteiger partial charge on any atom is 0.104 e. The predicted octanol–water partition coefficient (Wildman–Crippen LogP) is 7.81. The fourth-order valence-corrected chi connectivity index (χ4v) is 4.16. The van der Waals surface area contributed by atoms with E-state index in [1.807, 2.05) is 55.5 Å². The first-order chi connectivity index (χ1) is 16.4. The Morgan fingerprint density at radius 3 is 1.44 bits per heavy atom. The second-order valence-electron chi connectivity index (χ2n) is 9.31. The van der Waals surface area contributed by atoms with Gasteiger partial charge in [0, 0.05) is 5.92 Å². The molecule has 2 nitrogen and oxygen atoms in total. The van der Waals surface area contributed by atoms with Gasteiger partial charge in [-0.3, -0.25) is 0 Å². The normalized spacial score (nSPS) is 13.9.